The Bertz CT molecular complexity index is 470. The van der Waals surface area contributed by atoms with Gasteiger partial charge in [0, 0.05) is 5.92 Å². The lowest BCUT2D eigenvalue weighted by atomic mass is 9.68. The van der Waals surface area contributed by atoms with Crippen LogP contribution in [0.5, 0.6) is 0 Å². The Morgan fingerprint density at radius 2 is 1.65 bits per heavy atom. The summed E-state index contributed by atoms with van der Waals surface area (Å²) < 4.78 is 0. The molecule has 3 atom stereocenters. The van der Waals surface area contributed by atoms with Gasteiger partial charge in [0.25, 0.3) is 0 Å². The van der Waals surface area contributed by atoms with Crippen LogP contribution in [0.25, 0.3) is 0 Å². The lowest BCUT2D eigenvalue weighted by Gasteiger charge is -2.37. The van der Waals surface area contributed by atoms with Crippen molar-refractivity contribution in [3.05, 3.63) is 35.9 Å². The molecule has 5 heteroatoms. The van der Waals surface area contributed by atoms with Crippen molar-refractivity contribution in [2.45, 2.75) is 31.3 Å². The zero-order valence-electron chi connectivity index (χ0n) is 11.0. The first-order chi connectivity index (χ1) is 9.52. The van der Waals surface area contributed by atoms with Crippen molar-refractivity contribution in [2.24, 2.45) is 11.8 Å². The molecule has 2 rings (SSSR count). The molecule has 1 aliphatic carbocycles. The van der Waals surface area contributed by atoms with Crippen molar-refractivity contribution in [3.63, 3.8) is 0 Å². The van der Waals surface area contributed by atoms with E-state index in [1.165, 1.54) is 0 Å². The lowest BCUT2D eigenvalue weighted by Crippen LogP contribution is -2.41. The second-order valence-electron chi connectivity index (χ2n) is 5.25. The molecule has 1 aromatic carbocycles. The Hall–Kier alpha value is -1.88. The largest absolute Gasteiger partial charge is 0.481 e. The molecule has 1 saturated carbocycles. The fourth-order valence-electron chi connectivity index (χ4n) is 3.20. The summed E-state index contributed by atoms with van der Waals surface area (Å²) in [6, 6.07) is 9.08. The quantitative estimate of drug-likeness (QED) is 0.729. The third kappa shape index (κ3) is 2.82. The summed E-state index contributed by atoms with van der Waals surface area (Å²) in [5.41, 5.74) is 0.803. The zero-order chi connectivity index (χ0) is 14.7. The second-order valence-corrected chi connectivity index (χ2v) is 5.25. The second kappa shape index (κ2) is 6.05. The van der Waals surface area contributed by atoms with Crippen molar-refractivity contribution in [1.29, 1.82) is 0 Å². The average molecular weight is 278 g/mol. The van der Waals surface area contributed by atoms with Crippen LogP contribution in [0.15, 0.2) is 30.3 Å². The Morgan fingerprint density at radius 1 is 1.05 bits per heavy atom. The highest BCUT2D eigenvalue weighted by atomic mass is 16.4. The van der Waals surface area contributed by atoms with Crippen molar-refractivity contribution in [2.75, 3.05) is 0 Å². The molecular formula is C15H18O5. The van der Waals surface area contributed by atoms with Crippen LogP contribution in [0.2, 0.25) is 0 Å². The molecule has 3 N–H and O–H groups in total. The van der Waals surface area contributed by atoms with Gasteiger partial charge in [-0.25, -0.2) is 0 Å². The molecule has 0 aliphatic heterocycles. The van der Waals surface area contributed by atoms with E-state index < -0.39 is 35.8 Å². The smallest absolute Gasteiger partial charge is 0.318 e. The SMILES string of the molecule is O=C(O)C(C(=O)O)C1CCCC(O)C1c1ccccc1. The molecule has 0 saturated heterocycles. The summed E-state index contributed by atoms with van der Waals surface area (Å²) in [6.45, 7) is 0. The van der Waals surface area contributed by atoms with Crippen LogP contribution in [0, 0.1) is 11.8 Å². The van der Waals surface area contributed by atoms with Gasteiger partial charge in [-0.15, -0.1) is 0 Å². The number of aliphatic hydroxyl groups is 1. The minimum Gasteiger partial charge on any atom is -0.481 e. The summed E-state index contributed by atoms with van der Waals surface area (Å²) in [5.74, 6) is -5.18. The van der Waals surface area contributed by atoms with Gasteiger partial charge in [0.2, 0.25) is 0 Å². The van der Waals surface area contributed by atoms with E-state index in [4.69, 9.17) is 0 Å². The summed E-state index contributed by atoms with van der Waals surface area (Å²) in [7, 11) is 0. The number of carbonyl (C=O) groups is 2. The van der Waals surface area contributed by atoms with Crippen LogP contribution in [-0.4, -0.2) is 33.4 Å². The van der Waals surface area contributed by atoms with Gasteiger partial charge in [0.15, 0.2) is 5.92 Å². The molecule has 0 bridgehead atoms. The average Bonchev–Trinajstić information content (AvgIpc) is 2.39. The van der Waals surface area contributed by atoms with Crippen molar-refractivity contribution in [1.82, 2.24) is 0 Å². The third-order valence-corrected chi connectivity index (χ3v) is 4.06. The number of rotatable bonds is 4. The molecule has 5 nitrogen and oxygen atoms in total. The van der Waals surface area contributed by atoms with E-state index in [0.717, 1.165) is 5.56 Å². The number of hydrogen-bond acceptors (Lipinski definition) is 3. The summed E-state index contributed by atoms with van der Waals surface area (Å²) in [5, 5.41) is 28.6. The predicted molar refractivity (Wildman–Crippen MR) is 71.3 cm³/mol. The molecule has 0 radical (unpaired) electrons. The highest BCUT2D eigenvalue weighted by Crippen LogP contribution is 2.42. The highest BCUT2D eigenvalue weighted by Gasteiger charge is 2.44. The molecule has 1 fully saturated rings. The molecule has 20 heavy (non-hydrogen) atoms. The zero-order valence-corrected chi connectivity index (χ0v) is 11.0. The highest BCUT2D eigenvalue weighted by molar-refractivity contribution is 5.93. The van der Waals surface area contributed by atoms with Gasteiger partial charge >= 0.3 is 11.9 Å². The first-order valence-electron chi connectivity index (χ1n) is 6.71. The normalized spacial score (nSPS) is 26.4. The maximum absolute atomic E-state index is 11.3. The minimum absolute atomic E-state index is 0.442. The van der Waals surface area contributed by atoms with Crippen LogP contribution in [0.1, 0.15) is 30.7 Å². The molecule has 0 aromatic heterocycles. The molecule has 0 spiro atoms. The van der Waals surface area contributed by atoms with Gasteiger partial charge in [-0.05, 0) is 24.3 Å². The number of benzene rings is 1. The van der Waals surface area contributed by atoms with Crippen molar-refractivity contribution in [3.8, 4) is 0 Å². The fraction of sp³-hybridized carbons (Fsp3) is 0.467. The minimum atomic E-state index is -1.48. The Morgan fingerprint density at radius 3 is 2.20 bits per heavy atom. The standard InChI is InChI=1S/C15H18O5/c16-11-8-4-7-10(13(14(17)18)15(19)20)12(11)9-5-2-1-3-6-9/h1-3,5-6,10-13,16H,4,7-8H2,(H,17,18)(H,19,20). The van der Waals surface area contributed by atoms with E-state index >= 15 is 0 Å². The fourth-order valence-corrected chi connectivity index (χ4v) is 3.20. The molecule has 108 valence electrons. The molecule has 3 unspecified atom stereocenters. The van der Waals surface area contributed by atoms with Gasteiger partial charge in [-0.2, -0.15) is 0 Å². The van der Waals surface area contributed by atoms with Crippen LogP contribution < -0.4 is 0 Å². The van der Waals surface area contributed by atoms with Gasteiger partial charge in [-0.3, -0.25) is 9.59 Å². The topological polar surface area (TPSA) is 94.8 Å². The van der Waals surface area contributed by atoms with E-state index in [1.807, 2.05) is 30.3 Å². The molecule has 1 aliphatic rings. The molecule has 0 heterocycles. The van der Waals surface area contributed by atoms with E-state index in [9.17, 15) is 24.9 Å². The Labute approximate surface area is 116 Å². The maximum atomic E-state index is 11.3. The number of aliphatic carboxylic acids is 2. The molecule has 0 amide bonds. The first kappa shape index (κ1) is 14.5. The van der Waals surface area contributed by atoms with Gasteiger partial charge < -0.3 is 15.3 Å². The third-order valence-electron chi connectivity index (χ3n) is 4.06. The number of hydrogen-bond donors (Lipinski definition) is 3. The maximum Gasteiger partial charge on any atom is 0.318 e. The van der Waals surface area contributed by atoms with E-state index in [2.05, 4.69) is 0 Å². The van der Waals surface area contributed by atoms with E-state index in [0.29, 0.717) is 19.3 Å². The summed E-state index contributed by atoms with van der Waals surface area (Å²) in [4.78, 5) is 22.5. The van der Waals surface area contributed by atoms with Crippen molar-refractivity contribution < 1.29 is 24.9 Å². The molecule has 1 aromatic rings. The summed E-state index contributed by atoms with van der Waals surface area (Å²) >= 11 is 0. The summed E-state index contributed by atoms with van der Waals surface area (Å²) in [6.07, 6.45) is 1.02. The van der Waals surface area contributed by atoms with E-state index in [1.54, 1.807) is 0 Å². The van der Waals surface area contributed by atoms with Crippen molar-refractivity contribution >= 4 is 11.9 Å². The predicted octanol–water partition coefficient (Wildman–Crippen LogP) is 1.72. The monoisotopic (exact) mass is 278 g/mol. The lowest BCUT2D eigenvalue weighted by molar-refractivity contribution is -0.159. The Kier molecular flexibility index (Phi) is 4.39. The number of aliphatic hydroxyl groups excluding tert-OH is 1. The first-order valence-corrected chi connectivity index (χ1v) is 6.71. The van der Waals surface area contributed by atoms with Crippen LogP contribution in [0.3, 0.4) is 0 Å². The van der Waals surface area contributed by atoms with Gasteiger partial charge in [0.1, 0.15) is 0 Å². The van der Waals surface area contributed by atoms with Crippen LogP contribution in [0.4, 0.5) is 0 Å². The Balaban J connectivity index is 2.38. The van der Waals surface area contributed by atoms with Crippen LogP contribution >= 0.6 is 0 Å². The van der Waals surface area contributed by atoms with E-state index in [-0.39, 0.29) is 0 Å². The number of carboxylic acid groups (broad SMARTS) is 2. The van der Waals surface area contributed by atoms with Gasteiger partial charge in [-0.1, -0.05) is 36.8 Å². The van der Waals surface area contributed by atoms with Crippen LogP contribution in [-0.2, 0) is 9.59 Å². The molecular weight excluding hydrogens is 260 g/mol. The van der Waals surface area contributed by atoms with Gasteiger partial charge in [0.05, 0.1) is 6.10 Å². The number of carboxylic acids is 2.